The predicted molar refractivity (Wildman–Crippen MR) is 70.1 cm³/mol. The first-order chi connectivity index (χ1) is 8.60. The third kappa shape index (κ3) is 3.84. The summed E-state index contributed by atoms with van der Waals surface area (Å²) in [7, 11) is 1.30. The molecule has 0 fully saturated rings. The van der Waals surface area contributed by atoms with Gasteiger partial charge in [-0.3, -0.25) is 9.59 Å². The van der Waals surface area contributed by atoms with Crippen molar-refractivity contribution in [3.05, 3.63) is 34.3 Å². The van der Waals surface area contributed by atoms with E-state index in [1.54, 1.807) is 19.1 Å². The molecule has 0 aliphatic carbocycles. The van der Waals surface area contributed by atoms with Gasteiger partial charge in [0.2, 0.25) is 0 Å². The molecule has 0 aromatic heterocycles. The molecule has 18 heavy (non-hydrogen) atoms. The molecule has 0 spiro atoms. The first-order valence-electron chi connectivity index (χ1n) is 5.58. The Morgan fingerprint density at radius 2 is 2.00 bits per heavy atom. The highest BCUT2D eigenvalue weighted by atomic mass is 79.9. The van der Waals surface area contributed by atoms with Gasteiger partial charge in [0.15, 0.2) is 0 Å². The molecule has 1 rings (SSSR count). The number of carbonyl (C=O) groups is 2. The van der Waals surface area contributed by atoms with Crippen molar-refractivity contribution in [2.75, 3.05) is 13.7 Å². The number of hydrogen-bond acceptors (Lipinski definition) is 4. The smallest absolute Gasteiger partial charge is 0.313 e. The van der Waals surface area contributed by atoms with E-state index in [9.17, 15) is 9.59 Å². The Morgan fingerprint density at radius 1 is 1.33 bits per heavy atom. The topological polar surface area (TPSA) is 52.6 Å². The van der Waals surface area contributed by atoms with Gasteiger partial charge in [0.25, 0.3) is 0 Å². The summed E-state index contributed by atoms with van der Waals surface area (Å²) in [6.45, 7) is 2.02. The second kappa shape index (κ2) is 7.16. The Balaban J connectivity index is 2.96. The maximum absolute atomic E-state index is 11.8. The van der Waals surface area contributed by atoms with Crippen molar-refractivity contribution in [3.8, 4) is 0 Å². The van der Waals surface area contributed by atoms with E-state index in [0.717, 1.165) is 10.0 Å². The standard InChI is InChI=1S/C13H15BrO4/c1-3-18-12(15)8-10(13(16)17-2)9-6-4-5-7-11(9)14/h4-7,10H,3,8H2,1-2H3. The highest BCUT2D eigenvalue weighted by molar-refractivity contribution is 9.10. The number of rotatable bonds is 5. The summed E-state index contributed by atoms with van der Waals surface area (Å²) in [5, 5.41) is 0. The third-order valence-electron chi connectivity index (χ3n) is 2.44. The van der Waals surface area contributed by atoms with Crippen LogP contribution in [-0.2, 0) is 19.1 Å². The van der Waals surface area contributed by atoms with Crippen LogP contribution in [0, 0.1) is 0 Å². The van der Waals surface area contributed by atoms with Crippen LogP contribution in [0.15, 0.2) is 28.7 Å². The number of hydrogen-bond donors (Lipinski definition) is 0. The van der Waals surface area contributed by atoms with Crippen LogP contribution in [0.1, 0.15) is 24.8 Å². The number of halogens is 1. The van der Waals surface area contributed by atoms with Gasteiger partial charge < -0.3 is 9.47 Å². The number of benzene rings is 1. The summed E-state index contributed by atoms with van der Waals surface area (Å²) in [5.41, 5.74) is 0.720. The highest BCUT2D eigenvalue weighted by Gasteiger charge is 2.26. The van der Waals surface area contributed by atoms with Gasteiger partial charge in [-0.2, -0.15) is 0 Å². The van der Waals surface area contributed by atoms with Gasteiger partial charge >= 0.3 is 11.9 Å². The van der Waals surface area contributed by atoms with E-state index in [2.05, 4.69) is 15.9 Å². The van der Waals surface area contributed by atoms with Gasteiger partial charge in [-0.15, -0.1) is 0 Å². The molecule has 0 saturated heterocycles. The van der Waals surface area contributed by atoms with Crippen LogP contribution in [-0.4, -0.2) is 25.7 Å². The minimum absolute atomic E-state index is 0.0247. The Bertz CT molecular complexity index is 431. The molecule has 1 atom stereocenters. The van der Waals surface area contributed by atoms with Crippen molar-refractivity contribution in [2.24, 2.45) is 0 Å². The maximum Gasteiger partial charge on any atom is 0.313 e. The van der Waals surface area contributed by atoms with E-state index < -0.39 is 17.9 Å². The molecule has 98 valence electrons. The van der Waals surface area contributed by atoms with Crippen molar-refractivity contribution in [1.29, 1.82) is 0 Å². The largest absolute Gasteiger partial charge is 0.469 e. The fourth-order valence-corrected chi connectivity index (χ4v) is 2.17. The molecule has 0 saturated carbocycles. The fourth-order valence-electron chi connectivity index (χ4n) is 1.61. The Labute approximate surface area is 114 Å². The van der Waals surface area contributed by atoms with E-state index in [-0.39, 0.29) is 6.42 Å². The van der Waals surface area contributed by atoms with Crippen LogP contribution in [0.4, 0.5) is 0 Å². The van der Waals surface area contributed by atoms with Gasteiger partial charge in [-0.1, -0.05) is 34.1 Å². The number of methoxy groups -OCH3 is 1. The second-order valence-corrected chi connectivity index (χ2v) is 4.46. The minimum atomic E-state index is -0.648. The lowest BCUT2D eigenvalue weighted by molar-refractivity contribution is -0.150. The molecular weight excluding hydrogens is 300 g/mol. The number of esters is 2. The number of carbonyl (C=O) groups excluding carboxylic acids is 2. The lowest BCUT2D eigenvalue weighted by Crippen LogP contribution is -2.19. The molecule has 0 radical (unpaired) electrons. The van der Waals surface area contributed by atoms with Crippen molar-refractivity contribution >= 4 is 27.9 Å². The summed E-state index contributed by atoms with van der Waals surface area (Å²) >= 11 is 3.36. The van der Waals surface area contributed by atoms with E-state index in [1.807, 2.05) is 12.1 Å². The van der Waals surface area contributed by atoms with E-state index in [0.29, 0.717) is 6.61 Å². The van der Waals surface area contributed by atoms with Gasteiger partial charge in [-0.25, -0.2) is 0 Å². The molecule has 1 aromatic rings. The van der Waals surface area contributed by atoms with Crippen molar-refractivity contribution in [2.45, 2.75) is 19.3 Å². The van der Waals surface area contributed by atoms with Crippen LogP contribution in [0.5, 0.6) is 0 Å². The van der Waals surface area contributed by atoms with Crippen LogP contribution in [0.25, 0.3) is 0 Å². The highest BCUT2D eigenvalue weighted by Crippen LogP contribution is 2.28. The predicted octanol–water partition coefficient (Wildman–Crippen LogP) is 2.66. The molecule has 0 heterocycles. The molecule has 1 unspecified atom stereocenters. The van der Waals surface area contributed by atoms with Crippen molar-refractivity contribution in [3.63, 3.8) is 0 Å². The van der Waals surface area contributed by atoms with Crippen molar-refractivity contribution in [1.82, 2.24) is 0 Å². The quantitative estimate of drug-likeness (QED) is 0.784. The first-order valence-corrected chi connectivity index (χ1v) is 6.37. The van der Waals surface area contributed by atoms with Gasteiger partial charge in [0.05, 0.1) is 26.1 Å². The Morgan fingerprint density at radius 3 is 2.56 bits per heavy atom. The van der Waals surface area contributed by atoms with Crippen LogP contribution in [0.3, 0.4) is 0 Å². The lowest BCUT2D eigenvalue weighted by Gasteiger charge is -2.15. The van der Waals surface area contributed by atoms with Gasteiger partial charge in [0.1, 0.15) is 0 Å². The average Bonchev–Trinajstić information content (AvgIpc) is 2.36. The molecule has 0 bridgehead atoms. The normalized spacial score (nSPS) is 11.7. The van der Waals surface area contributed by atoms with E-state index in [1.165, 1.54) is 7.11 Å². The molecule has 0 amide bonds. The van der Waals surface area contributed by atoms with Crippen LogP contribution in [0.2, 0.25) is 0 Å². The lowest BCUT2D eigenvalue weighted by atomic mass is 9.96. The molecular formula is C13H15BrO4. The van der Waals surface area contributed by atoms with E-state index in [4.69, 9.17) is 9.47 Å². The molecule has 0 aliphatic heterocycles. The van der Waals surface area contributed by atoms with Gasteiger partial charge in [-0.05, 0) is 18.6 Å². The fraction of sp³-hybridized carbons (Fsp3) is 0.385. The zero-order chi connectivity index (χ0) is 13.5. The Kier molecular flexibility index (Phi) is 5.85. The summed E-state index contributed by atoms with van der Waals surface area (Å²) in [6.07, 6.45) is -0.0247. The summed E-state index contributed by atoms with van der Waals surface area (Å²) < 4.78 is 10.4. The molecule has 1 aromatic carbocycles. The van der Waals surface area contributed by atoms with Gasteiger partial charge in [0, 0.05) is 4.47 Å². The zero-order valence-corrected chi connectivity index (χ0v) is 11.9. The Hall–Kier alpha value is -1.36. The van der Waals surface area contributed by atoms with Crippen molar-refractivity contribution < 1.29 is 19.1 Å². The minimum Gasteiger partial charge on any atom is -0.469 e. The summed E-state index contributed by atoms with van der Waals surface area (Å²) in [4.78, 5) is 23.3. The second-order valence-electron chi connectivity index (χ2n) is 3.61. The SMILES string of the molecule is CCOC(=O)CC(C(=O)OC)c1ccccc1Br. The van der Waals surface area contributed by atoms with Crippen LogP contribution >= 0.6 is 15.9 Å². The molecule has 0 N–H and O–H groups in total. The summed E-state index contributed by atoms with van der Waals surface area (Å²) in [6, 6.07) is 7.24. The first kappa shape index (κ1) is 14.7. The molecule has 5 heteroatoms. The zero-order valence-electron chi connectivity index (χ0n) is 10.3. The maximum atomic E-state index is 11.8. The monoisotopic (exact) mass is 314 g/mol. The third-order valence-corrected chi connectivity index (χ3v) is 3.16. The molecule has 4 nitrogen and oxygen atoms in total. The number of ether oxygens (including phenoxy) is 2. The van der Waals surface area contributed by atoms with E-state index >= 15 is 0 Å². The van der Waals surface area contributed by atoms with Crippen LogP contribution < -0.4 is 0 Å². The molecule has 0 aliphatic rings. The average molecular weight is 315 g/mol. The summed E-state index contributed by atoms with van der Waals surface area (Å²) in [5.74, 6) is -1.51.